The number of morpholine rings is 1. The minimum atomic E-state index is -0.0882. The summed E-state index contributed by atoms with van der Waals surface area (Å²) in [5.74, 6) is 1.64. The quantitative estimate of drug-likeness (QED) is 0.615. The SMILES string of the molecule is COc1ccc(-c2ccc3c(N4CCOCC4C)cc(N4CCNCC4)nc3n2)cc1CO. The normalized spacial score (nSPS) is 19.2. The second-order valence-corrected chi connectivity index (χ2v) is 8.61. The molecule has 0 spiro atoms. The van der Waals surface area contributed by atoms with Crippen molar-refractivity contribution in [1.82, 2.24) is 15.3 Å². The molecule has 0 radical (unpaired) electrons. The van der Waals surface area contributed by atoms with Crippen LogP contribution in [0.3, 0.4) is 0 Å². The van der Waals surface area contributed by atoms with Crippen LogP contribution < -0.4 is 19.9 Å². The van der Waals surface area contributed by atoms with E-state index in [0.717, 1.165) is 78.7 Å². The summed E-state index contributed by atoms with van der Waals surface area (Å²) in [6, 6.07) is 12.4. The standard InChI is InChI=1S/C25H31N5O3/c1-17-16-33-12-11-30(17)22-14-24(29-9-7-26-8-10-29)28-25-20(22)4-5-21(27-25)18-3-6-23(32-2)19(13-18)15-31/h3-6,13-14,17,26,31H,7-12,15-16H2,1-2H3. The molecule has 2 saturated heterocycles. The molecule has 0 bridgehead atoms. The molecule has 33 heavy (non-hydrogen) atoms. The van der Waals surface area contributed by atoms with Gasteiger partial charge in [-0.15, -0.1) is 0 Å². The van der Waals surface area contributed by atoms with Gasteiger partial charge in [-0.3, -0.25) is 0 Å². The van der Waals surface area contributed by atoms with Gasteiger partial charge in [-0.1, -0.05) is 0 Å². The highest BCUT2D eigenvalue weighted by Crippen LogP contribution is 2.34. The number of hydrogen-bond acceptors (Lipinski definition) is 8. The Balaban J connectivity index is 1.62. The Labute approximate surface area is 194 Å². The van der Waals surface area contributed by atoms with Gasteiger partial charge in [0.25, 0.3) is 0 Å². The van der Waals surface area contributed by atoms with Gasteiger partial charge < -0.3 is 29.7 Å². The Kier molecular flexibility index (Phi) is 6.30. The zero-order valence-electron chi connectivity index (χ0n) is 19.3. The summed E-state index contributed by atoms with van der Waals surface area (Å²) in [7, 11) is 1.61. The van der Waals surface area contributed by atoms with Gasteiger partial charge >= 0.3 is 0 Å². The minimum absolute atomic E-state index is 0.0882. The van der Waals surface area contributed by atoms with E-state index >= 15 is 0 Å². The fourth-order valence-corrected chi connectivity index (χ4v) is 4.68. The second kappa shape index (κ2) is 9.51. The maximum Gasteiger partial charge on any atom is 0.164 e. The molecule has 0 aliphatic carbocycles. The number of aromatic nitrogens is 2. The Hall–Kier alpha value is -2.94. The molecule has 8 nitrogen and oxygen atoms in total. The third-order valence-corrected chi connectivity index (χ3v) is 6.50. The average molecular weight is 450 g/mol. The number of nitrogens with one attached hydrogen (secondary N) is 1. The van der Waals surface area contributed by atoms with Crippen LogP contribution >= 0.6 is 0 Å². The lowest BCUT2D eigenvalue weighted by atomic mass is 10.1. The number of methoxy groups -OCH3 is 1. The number of fused-ring (bicyclic) bond motifs is 1. The van der Waals surface area contributed by atoms with Crippen molar-refractivity contribution in [2.75, 3.05) is 62.8 Å². The van der Waals surface area contributed by atoms with Crippen molar-refractivity contribution in [3.8, 4) is 17.0 Å². The summed E-state index contributed by atoms with van der Waals surface area (Å²) >= 11 is 0. The number of hydrogen-bond donors (Lipinski definition) is 2. The average Bonchev–Trinajstić information content (AvgIpc) is 2.88. The first kappa shape index (κ1) is 21.9. The minimum Gasteiger partial charge on any atom is -0.496 e. The van der Waals surface area contributed by atoms with Crippen LogP contribution in [0.15, 0.2) is 36.4 Å². The van der Waals surface area contributed by atoms with Crippen molar-refractivity contribution in [3.05, 3.63) is 42.0 Å². The molecule has 1 unspecified atom stereocenters. The molecule has 2 fully saturated rings. The van der Waals surface area contributed by atoms with Crippen LogP contribution in [0.25, 0.3) is 22.3 Å². The molecule has 2 N–H and O–H groups in total. The maximum absolute atomic E-state index is 9.74. The number of piperazine rings is 1. The van der Waals surface area contributed by atoms with Gasteiger partial charge in [0.15, 0.2) is 5.65 Å². The Morgan fingerprint density at radius 1 is 1.12 bits per heavy atom. The van der Waals surface area contributed by atoms with E-state index in [9.17, 15) is 5.11 Å². The first-order valence-corrected chi connectivity index (χ1v) is 11.6. The van der Waals surface area contributed by atoms with Crippen molar-refractivity contribution in [2.45, 2.75) is 19.6 Å². The van der Waals surface area contributed by atoms with Gasteiger partial charge in [0.05, 0.1) is 38.3 Å². The molecular weight excluding hydrogens is 418 g/mol. The molecule has 0 amide bonds. The van der Waals surface area contributed by atoms with E-state index in [1.807, 2.05) is 24.3 Å². The smallest absolute Gasteiger partial charge is 0.164 e. The predicted molar refractivity (Wildman–Crippen MR) is 130 cm³/mol. The summed E-state index contributed by atoms with van der Waals surface area (Å²) in [6.45, 7) is 8.15. The first-order valence-electron chi connectivity index (χ1n) is 11.6. The zero-order chi connectivity index (χ0) is 22.8. The van der Waals surface area contributed by atoms with Crippen LogP contribution in [0, 0.1) is 0 Å². The first-order chi connectivity index (χ1) is 16.2. The van der Waals surface area contributed by atoms with E-state index in [0.29, 0.717) is 12.4 Å². The second-order valence-electron chi connectivity index (χ2n) is 8.61. The van der Waals surface area contributed by atoms with Gasteiger partial charge in [-0.05, 0) is 37.3 Å². The van der Waals surface area contributed by atoms with Crippen molar-refractivity contribution in [1.29, 1.82) is 0 Å². The summed E-state index contributed by atoms with van der Waals surface area (Å²) in [6.07, 6.45) is 0. The number of benzene rings is 1. The summed E-state index contributed by atoms with van der Waals surface area (Å²) in [4.78, 5) is 14.7. The molecule has 2 aromatic heterocycles. The molecule has 3 aromatic rings. The van der Waals surface area contributed by atoms with Crippen LogP contribution in [0.1, 0.15) is 12.5 Å². The van der Waals surface area contributed by atoms with Crippen LogP contribution in [-0.2, 0) is 11.3 Å². The highest BCUT2D eigenvalue weighted by molar-refractivity contribution is 5.93. The summed E-state index contributed by atoms with van der Waals surface area (Å²) in [5.41, 5.74) is 4.39. The van der Waals surface area contributed by atoms with Gasteiger partial charge in [0.2, 0.25) is 0 Å². The monoisotopic (exact) mass is 449 g/mol. The third-order valence-electron chi connectivity index (χ3n) is 6.50. The largest absolute Gasteiger partial charge is 0.496 e. The highest BCUT2D eigenvalue weighted by Gasteiger charge is 2.24. The van der Waals surface area contributed by atoms with Crippen molar-refractivity contribution < 1.29 is 14.6 Å². The summed E-state index contributed by atoms with van der Waals surface area (Å²) < 4.78 is 11.0. The molecule has 174 valence electrons. The van der Waals surface area contributed by atoms with Gasteiger partial charge in [-0.2, -0.15) is 0 Å². The number of aliphatic hydroxyl groups is 1. The van der Waals surface area contributed by atoms with Crippen LogP contribution in [0.2, 0.25) is 0 Å². The highest BCUT2D eigenvalue weighted by atomic mass is 16.5. The molecule has 4 heterocycles. The third kappa shape index (κ3) is 4.34. The van der Waals surface area contributed by atoms with Crippen LogP contribution in [-0.4, -0.2) is 74.2 Å². The lowest BCUT2D eigenvalue weighted by Gasteiger charge is -2.37. The number of anilines is 2. The topological polar surface area (TPSA) is 83.0 Å². The number of nitrogens with zero attached hydrogens (tertiary/aromatic N) is 4. The Morgan fingerprint density at radius 3 is 2.73 bits per heavy atom. The van der Waals surface area contributed by atoms with E-state index in [1.54, 1.807) is 7.11 Å². The molecule has 1 aromatic carbocycles. The maximum atomic E-state index is 9.74. The van der Waals surface area contributed by atoms with Gasteiger partial charge in [0, 0.05) is 61.3 Å². The number of pyridine rings is 2. The lowest BCUT2D eigenvalue weighted by molar-refractivity contribution is 0.0991. The van der Waals surface area contributed by atoms with E-state index in [4.69, 9.17) is 19.4 Å². The van der Waals surface area contributed by atoms with E-state index in [-0.39, 0.29) is 12.6 Å². The van der Waals surface area contributed by atoms with E-state index < -0.39 is 0 Å². The molecule has 2 aliphatic heterocycles. The number of rotatable bonds is 5. The molecule has 5 rings (SSSR count). The molecule has 1 atom stereocenters. The molecule has 8 heteroatoms. The fraction of sp³-hybridized carbons (Fsp3) is 0.440. The Morgan fingerprint density at radius 2 is 1.97 bits per heavy atom. The van der Waals surface area contributed by atoms with Crippen LogP contribution in [0.5, 0.6) is 5.75 Å². The summed E-state index contributed by atoms with van der Waals surface area (Å²) in [5, 5.41) is 14.2. The predicted octanol–water partition coefficient (Wildman–Crippen LogP) is 2.43. The van der Waals surface area contributed by atoms with Gasteiger partial charge in [-0.25, -0.2) is 9.97 Å². The number of aliphatic hydroxyl groups excluding tert-OH is 1. The molecule has 0 saturated carbocycles. The fourth-order valence-electron chi connectivity index (χ4n) is 4.68. The zero-order valence-corrected chi connectivity index (χ0v) is 19.3. The van der Waals surface area contributed by atoms with E-state index in [2.05, 4.69) is 34.2 Å². The molecular formula is C25H31N5O3. The molecule has 2 aliphatic rings. The number of ether oxygens (including phenoxy) is 2. The van der Waals surface area contributed by atoms with Crippen LogP contribution in [0.4, 0.5) is 11.5 Å². The van der Waals surface area contributed by atoms with E-state index in [1.165, 1.54) is 0 Å². The Bertz CT molecular complexity index is 1130. The van der Waals surface area contributed by atoms with Crippen molar-refractivity contribution in [3.63, 3.8) is 0 Å². The van der Waals surface area contributed by atoms with Crippen molar-refractivity contribution >= 4 is 22.5 Å². The van der Waals surface area contributed by atoms with Crippen molar-refractivity contribution in [2.24, 2.45) is 0 Å². The van der Waals surface area contributed by atoms with Gasteiger partial charge in [0.1, 0.15) is 11.6 Å². The lowest BCUT2D eigenvalue weighted by Crippen LogP contribution is -2.45.